The molecule has 2 aliphatic rings. The van der Waals surface area contributed by atoms with Gasteiger partial charge in [0, 0.05) is 56.8 Å². The van der Waals surface area contributed by atoms with Crippen molar-refractivity contribution in [2.45, 2.75) is 12.8 Å². The number of carbonyl (C=O) groups is 1. The lowest BCUT2D eigenvalue weighted by atomic mass is 10.0. The maximum Gasteiger partial charge on any atom is 0.424 e. The molecule has 0 N–H and O–H groups in total. The lowest BCUT2D eigenvalue weighted by Gasteiger charge is -2.38. The third-order valence-corrected chi connectivity index (χ3v) is 6.78. The van der Waals surface area contributed by atoms with Crippen molar-refractivity contribution in [2.75, 3.05) is 49.2 Å². The Balaban J connectivity index is 1.21. The summed E-state index contributed by atoms with van der Waals surface area (Å²) in [5.74, 6) is 0.180. The maximum absolute atomic E-state index is 12.6. The summed E-state index contributed by atoms with van der Waals surface area (Å²) in [7, 11) is 0. The minimum atomic E-state index is -1.01. The highest BCUT2D eigenvalue weighted by Gasteiger charge is 2.27. The van der Waals surface area contributed by atoms with Crippen LogP contribution in [0.1, 0.15) is 12.0 Å². The third kappa shape index (κ3) is 3.40. The zero-order chi connectivity index (χ0) is 23.2. The second-order valence-corrected chi connectivity index (χ2v) is 8.71. The van der Waals surface area contributed by atoms with E-state index in [0.29, 0.717) is 26.1 Å². The van der Waals surface area contributed by atoms with Gasteiger partial charge in [-0.25, -0.2) is 14.3 Å². The summed E-state index contributed by atoms with van der Waals surface area (Å²) < 4.78 is 12.5. The van der Waals surface area contributed by atoms with E-state index in [1.165, 1.54) is 5.56 Å². The summed E-state index contributed by atoms with van der Waals surface area (Å²) in [4.78, 5) is 40.5. The average molecular weight is 460 g/mol. The molecule has 0 spiro atoms. The zero-order valence-electron chi connectivity index (χ0n) is 18.6. The first-order valence-electron chi connectivity index (χ1n) is 11.5. The molecule has 2 aromatic carbocycles. The molecule has 34 heavy (non-hydrogen) atoms. The Morgan fingerprint density at radius 3 is 2.35 bits per heavy atom. The number of carbonyl (C=O) groups excluding carboxylic acids is 1. The van der Waals surface area contributed by atoms with E-state index in [0.717, 1.165) is 42.6 Å². The van der Waals surface area contributed by atoms with Crippen LogP contribution in [0.4, 0.5) is 5.69 Å². The SMILES string of the molecule is O=C1CCc2ccccc2N1CCN1CCN(n2c3ccccc3c3oc(=O)c(=O)oc32)CC1. The van der Waals surface area contributed by atoms with Crippen molar-refractivity contribution < 1.29 is 13.6 Å². The quantitative estimate of drug-likeness (QED) is 0.430. The summed E-state index contributed by atoms with van der Waals surface area (Å²) in [5, 5.41) is 2.83. The van der Waals surface area contributed by atoms with Crippen LogP contribution in [0.5, 0.6) is 0 Å². The third-order valence-electron chi connectivity index (χ3n) is 6.78. The van der Waals surface area contributed by atoms with Crippen LogP contribution in [0.25, 0.3) is 22.2 Å². The van der Waals surface area contributed by atoms with Crippen LogP contribution in [0.2, 0.25) is 0 Å². The van der Waals surface area contributed by atoms with Gasteiger partial charge in [-0.1, -0.05) is 30.3 Å². The van der Waals surface area contributed by atoms with Gasteiger partial charge in [0.2, 0.25) is 11.5 Å². The fraction of sp³-hybridized carbons (Fsp3) is 0.320. The summed E-state index contributed by atoms with van der Waals surface area (Å²) >= 11 is 0. The average Bonchev–Trinajstić information content (AvgIpc) is 3.17. The van der Waals surface area contributed by atoms with Crippen LogP contribution in [0.15, 0.2) is 67.0 Å². The summed E-state index contributed by atoms with van der Waals surface area (Å²) in [6, 6.07) is 15.6. The number of rotatable bonds is 4. The molecule has 0 atom stereocenters. The van der Waals surface area contributed by atoms with Gasteiger partial charge in [-0.2, -0.15) is 0 Å². The molecule has 0 aliphatic carbocycles. The number of anilines is 1. The minimum Gasteiger partial charge on any atom is -0.412 e. The summed E-state index contributed by atoms with van der Waals surface area (Å²) in [6.45, 7) is 4.41. The molecule has 9 nitrogen and oxygen atoms in total. The van der Waals surface area contributed by atoms with Gasteiger partial charge >= 0.3 is 11.3 Å². The number of piperazine rings is 1. The standard InChI is InChI=1S/C25H24N4O5/c30-21-10-9-17-5-1-3-7-19(17)28(21)16-13-26-11-14-27(15-12-26)29-20-8-4-2-6-18(20)22-23(29)34-25(32)24(31)33-22/h1-8H,9-16H2. The summed E-state index contributed by atoms with van der Waals surface area (Å²) in [5.41, 5.74) is 1.58. The fourth-order valence-corrected chi connectivity index (χ4v) is 5.05. The number of nitrogens with zero attached hydrogens (tertiary/aromatic N) is 4. The number of aryl methyl sites for hydroxylation is 1. The molecule has 4 heterocycles. The van der Waals surface area contributed by atoms with Gasteiger partial charge in [-0.3, -0.25) is 9.69 Å². The highest BCUT2D eigenvalue weighted by atomic mass is 16.5. The van der Waals surface area contributed by atoms with Crippen molar-refractivity contribution in [1.29, 1.82) is 0 Å². The van der Waals surface area contributed by atoms with Crippen molar-refractivity contribution in [3.63, 3.8) is 0 Å². The van der Waals surface area contributed by atoms with Crippen molar-refractivity contribution in [3.8, 4) is 0 Å². The Morgan fingerprint density at radius 2 is 1.50 bits per heavy atom. The number of benzene rings is 2. The number of para-hydroxylation sites is 2. The van der Waals surface area contributed by atoms with Crippen molar-refractivity contribution in [1.82, 2.24) is 9.58 Å². The van der Waals surface area contributed by atoms with Gasteiger partial charge in [0.1, 0.15) is 0 Å². The van der Waals surface area contributed by atoms with E-state index in [1.807, 2.05) is 52.0 Å². The van der Waals surface area contributed by atoms with E-state index in [2.05, 4.69) is 16.0 Å². The van der Waals surface area contributed by atoms with E-state index in [1.54, 1.807) is 0 Å². The monoisotopic (exact) mass is 460 g/mol. The highest BCUT2D eigenvalue weighted by molar-refractivity contribution is 6.02. The van der Waals surface area contributed by atoms with E-state index in [9.17, 15) is 14.4 Å². The molecule has 0 bridgehead atoms. The molecular weight excluding hydrogens is 436 g/mol. The van der Waals surface area contributed by atoms with E-state index >= 15 is 0 Å². The highest BCUT2D eigenvalue weighted by Crippen LogP contribution is 2.29. The lowest BCUT2D eigenvalue weighted by molar-refractivity contribution is -0.118. The van der Waals surface area contributed by atoms with Gasteiger partial charge in [0.25, 0.3) is 5.71 Å². The van der Waals surface area contributed by atoms with Crippen molar-refractivity contribution >= 4 is 33.8 Å². The molecule has 174 valence electrons. The Labute approximate surface area is 194 Å². The smallest absolute Gasteiger partial charge is 0.412 e. The molecule has 0 saturated carbocycles. The van der Waals surface area contributed by atoms with Crippen molar-refractivity contribution in [2.24, 2.45) is 0 Å². The summed E-state index contributed by atoms with van der Waals surface area (Å²) in [6.07, 6.45) is 1.36. The molecule has 9 heteroatoms. The predicted molar refractivity (Wildman–Crippen MR) is 128 cm³/mol. The van der Waals surface area contributed by atoms with Gasteiger partial charge in [0.05, 0.1) is 5.52 Å². The first-order chi connectivity index (χ1) is 16.6. The Bertz CT molecular complexity index is 1510. The number of hydrogen-bond acceptors (Lipinski definition) is 7. The van der Waals surface area contributed by atoms with Gasteiger partial charge in [0.15, 0.2) is 0 Å². The second kappa shape index (κ2) is 8.18. The number of fused-ring (bicyclic) bond motifs is 4. The molecule has 2 aliphatic heterocycles. The minimum absolute atomic E-state index is 0.180. The Morgan fingerprint density at radius 1 is 0.765 bits per heavy atom. The van der Waals surface area contributed by atoms with E-state index in [4.69, 9.17) is 8.83 Å². The molecular formula is C25H24N4O5. The van der Waals surface area contributed by atoms with Crippen LogP contribution in [0.3, 0.4) is 0 Å². The number of amides is 1. The molecule has 0 unspecified atom stereocenters. The molecule has 0 radical (unpaired) electrons. The fourth-order valence-electron chi connectivity index (χ4n) is 5.05. The number of hydrogen-bond donors (Lipinski definition) is 0. The predicted octanol–water partition coefficient (Wildman–Crippen LogP) is 1.93. The van der Waals surface area contributed by atoms with Crippen LogP contribution in [0, 0.1) is 0 Å². The first kappa shape index (κ1) is 20.7. The number of aromatic nitrogens is 1. The molecule has 1 fully saturated rings. The van der Waals surface area contributed by atoms with Gasteiger partial charge in [-0.05, 0) is 30.2 Å². The molecule has 2 aromatic heterocycles. The first-order valence-corrected chi connectivity index (χ1v) is 11.5. The van der Waals surface area contributed by atoms with Crippen molar-refractivity contribution in [3.05, 3.63) is 74.9 Å². The molecule has 1 amide bonds. The van der Waals surface area contributed by atoms with Crippen LogP contribution in [-0.4, -0.2) is 54.8 Å². The Kier molecular flexibility index (Phi) is 4.99. The van der Waals surface area contributed by atoms with Crippen LogP contribution in [-0.2, 0) is 11.2 Å². The molecule has 4 aromatic rings. The largest absolute Gasteiger partial charge is 0.424 e. The van der Waals surface area contributed by atoms with E-state index < -0.39 is 11.3 Å². The maximum atomic E-state index is 12.6. The lowest BCUT2D eigenvalue weighted by Crippen LogP contribution is -2.53. The zero-order valence-corrected chi connectivity index (χ0v) is 18.6. The molecule has 1 saturated heterocycles. The second-order valence-electron chi connectivity index (χ2n) is 8.71. The normalized spacial score (nSPS) is 17.0. The Hall–Kier alpha value is -3.85. The van der Waals surface area contributed by atoms with Gasteiger partial charge in [-0.15, -0.1) is 0 Å². The molecule has 6 rings (SSSR count). The van der Waals surface area contributed by atoms with Gasteiger partial charge < -0.3 is 18.7 Å². The topological polar surface area (TPSA) is 92.1 Å². The van der Waals surface area contributed by atoms with E-state index in [-0.39, 0.29) is 17.2 Å². The van der Waals surface area contributed by atoms with Crippen LogP contribution < -0.4 is 21.2 Å². The van der Waals surface area contributed by atoms with Crippen LogP contribution >= 0.6 is 0 Å².